The first-order valence-corrected chi connectivity index (χ1v) is 6.56. The fraction of sp³-hybridized carbons (Fsp3) is 0.357. The predicted molar refractivity (Wildman–Crippen MR) is 79.4 cm³/mol. The van der Waals surface area contributed by atoms with E-state index < -0.39 is 10.7 Å². The third-order valence-corrected chi connectivity index (χ3v) is 3.00. The van der Waals surface area contributed by atoms with Gasteiger partial charge in [0.2, 0.25) is 0 Å². The summed E-state index contributed by atoms with van der Waals surface area (Å²) in [5.41, 5.74) is 1.44. The standard InChI is InChI=1S/C14H17N3O4/c1-9(2)15-7-10(3)8-16-12-6-11(17(19)20)4-5-13(12)21-14(16)18/h4-6,9,15H,3,7-8H2,1-2H3. The summed E-state index contributed by atoms with van der Waals surface area (Å²) in [6.07, 6.45) is 0. The van der Waals surface area contributed by atoms with E-state index in [9.17, 15) is 14.9 Å². The Morgan fingerprint density at radius 3 is 2.86 bits per heavy atom. The Balaban J connectivity index is 2.32. The molecule has 0 bridgehead atoms. The molecule has 0 aliphatic carbocycles. The van der Waals surface area contributed by atoms with Crippen molar-refractivity contribution in [3.05, 3.63) is 51.0 Å². The van der Waals surface area contributed by atoms with Crippen LogP contribution in [0.3, 0.4) is 0 Å². The average Bonchev–Trinajstić information content (AvgIpc) is 2.72. The number of oxazole rings is 1. The highest BCUT2D eigenvalue weighted by Crippen LogP contribution is 2.20. The van der Waals surface area contributed by atoms with Crippen molar-refractivity contribution < 1.29 is 9.34 Å². The van der Waals surface area contributed by atoms with Gasteiger partial charge in [-0.15, -0.1) is 0 Å². The molecular formula is C14H17N3O4. The zero-order valence-electron chi connectivity index (χ0n) is 12.0. The third-order valence-electron chi connectivity index (χ3n) is 3.00. The van der Waals surface area contributed by atoms with Crippen LogP contribution in [0.5, 0.6) is 0 Å². The minimum atomic E-state index is -0.545. The van der Waals surface area contributed by atoms with Crippen molar-refractivity contribution in [3.8, 4) is 0 Å². The first-order valence-electron chi connectivity index (χ1n) is 6.56. The van der Waals surface area contributed by atoms with Crippen molar-refractivity contribution in [2.75, 3.05) is 6.54 Å². The van der Waals surface area contributed by atoms with Gasteiger partial charge in [-0.3, -0.25) is 14.7 Å². The van der Waals surface area contributed by atoms with Gasteiger partial charge in [0, 0.05) is 24.7 Å². The van der Waals surface area contributed by atoms with E-state index in [0.29, 0.717) is 23.7 Å². The molecule has 2 rings (SSSR count). The van der Waals surface area contributed by atoms with Gasteiger partial charge in [0.15, 0.2) is 5.58 Å². The minimum Gasteiger partial charge on any atom is -0.408 e. The van der Waals surface area contributed by atoms with Crippen LogP contribution in [-0.4, -0.2) is 22.1 Å². The molecule has 0 radical (unpaired) electrons. The molecule has 1 aromatic carbocycles. The van der Waals surface area contributed by atoms with E-state index in [1.165, 1.54) is 22.8 Å². The van der Waals surface area contributed by atoms with E-state index in [0.717, 1.165) is 5.57 Å². The molecule has 0 amide bonds. The number of rotatable bonds is 6. The summed E-state index contributed by atoms with van der Waals surface area (Å²) in [4.78, 5) is 22.2. The molecule has 1 N–H and O–H groups in total. The maximum Gasteiger partial charge on any atom is 0.420 e. The largest absolute Gasteiger partial charge is 0.420 e. The molecule has 21 heavy (non-hydrogen) atoms. The smallest absolute Gasteiger partial charge is 0.408 e. The lowest BCUT2D eigenvalue weighted by molar-refractivity contribution is -0.384. The van der Waals surface area contributed by atoms with Gasteiger partial charge >= 0.3 is 5.76 Å². The maximum atomic E-state index is 11.9. The number of nitrogens with one attached hydrogen (secondary N) is 1. The Bertz CT molecular complexity index is 742. The predicted octanol–water partition coefficient (Wildman–Crippen LogP) is 2.06. The monoisotopic (exact) mass is 291 g/mol. The zero-order chi connectivity index (χ0) is 15.6. The number of hydrogen-bond donors (Lipinski definition) is 1. The van der Waals surface area contributed by atoms with Gasteiger partial charge in [0.25, 0.3) is 5.69 Å². The Hall–Kier alpha value is -2.41. The van der Waals surface area contributed by atoms with Crippen molar-refractivity contribution in [2.45, 2.75) is 26.4 Å². The molecule has 0 atom stereocenters. The van der Waals surface area contributed by atoms with Crippen LogP contribution in [0.1, 0.15) is 13.8 Å². The average molecular weight is 291 g/mol. The molecule has 7 nitrogen and oxygen atoms in total. The molecule has 2 aromatic rings. The second-order valence-corrected chi connectivity index (χ2v) is 5.15. The number of fused-ring (bicyclic) bond motifs is 1. The van der Waals surface area contributed by atoms with Crippen LogP contribution in [0, 0.1) is 10.1 Å². The van der Waals surface area contributed by atoms with Gasteiger partial charge in [-0.05, 0) is 11.6 Å². The molecule has 1 aromatic heterocycles. The van der Waals surface area contributed by atoms with Crippen molar-refractivity contribution in [1.82, 2.24) is 9.88 Å². The normalized spacial score (nSPS) is 11.2. The first-order chi connectivity index (χ1) is 9.88. The molecule has 1 heterocycles. The number of hydrogen-bond acceptors (Lipinski definition) is 5. The summed E-state index contributed by atoms with van der Waals surface area (Å²) >= 11 is 0. The summed E-state index contributed by atoms with van der Waals surface area (Å²) in [6.45, 7) is 8.75. The molecule has 0 unspecified atom stereocenters. The Morgan fingerprint density at radius 1 is 1.52 bits per heavy atom. The Labute approximate surface area is 121 Å². The van der Waals surface area contributed by atoms with Crippen molar-refractivity contribution in [2.24, 2.45) is 0 Å². The molecule has 0 saturated heterocycles. The van der Waals surface area contributed by atoms with E-state index in [2.05, 4.69) is 11.9 Å². The third kappa shape index (κ3) is 3.38. The van der Waals surface area contributed by atoms with Crippen LogP contribution in [0.15, 0.2) is 39.6 Å². The number of nitro benzene ring substituents is 1. The highest BCUT2D eigenvalue weighted by atomic mass is 16.6. The van der Waals surface area contributed by atoms with Crippen LogP contribution in [0.4, 0.5) is 5.69 Å². The highest BCUT2D eigenvalue weighted by molar-refractivity contribution is 5.76. The molecule has 0 aliphatic rings. The van der Waals surface area contributed by atoms with Gasteiger partial charge in [-0.2, -0.15) is 0 Å². The second kappa shape index (κ2) is 5.92. The van der Waals surface area contributed by atoms with Gasteiger partial charge in [-0.1, -0.05) is 20.4 Å². The fourth-order valence-corrected chi connectivity index (χ4v) is 1.94. The zero-order valence-corrected chi connectivity index (χ0v) is 12.0. The van der Waals surface area contributed by atoms with E-state index >= 15 is 0 Å². The second-order valence-electron chi connectivity index (χ2n) is 5.15. The topological polar surface area (TPSA) is 90.3 Å². The lowest BCUT2D eigenvalue weighted by Gasteiger charge is -2.10. The van der Waals surface area contributed by atoms with Crippen molar-refractivity contribution in [1.29, 1.82) is 0 Å². The van der Waals surface area contributed by atoms with Crippen molar-refractivity contribution >= 4 is 16.8 Å². The van der Waals surface area contributed by atoms with E-state index in [1.807, 2.05) is 13.8 Å². The van der Waals surface area contributed by atoms with Gasteiger partial charge < -0.3 is 9.73 Å². The summed E-state index contributed by atoms with van der Waals surface area (Å²) in [7, 11) is 0. The molecule has 0 aliphatic heterocycles. The van der Waals surface area contributed by atoms with Crippen LogP contribution < -0.4 is 11.1 Å². The minimum absolute atomic E-state index is 0.0806. The Morgan fingerprint density at radius 2 is 2.24 bits per heavy atom. The molecule has 112 valence electrons. The van der Waals surface area contributed by atoms with Crippen molar-refractivity contribution in [3.63, 3.8) is 0 Å². The van der Waals surface area contributed by atoms with Gasteiger partial charge in [-0.25, -0.2) is 4.79 Å². The number of nitro groups is 1. The number of nitrogens with zero attached hydrogens (tertiary/aromatic N) is 2. The summed E-state index contributed by atoms with van der Waals surface area (Å²) in [6, 6.07) is 4.38. The van der Waals surface area contributed by atoms with E-state index in [1.54, 1.807) is 0 Å². The first kappa shape index (κ1) is 15.0. The lowest BCUT2D eigenvalue weighted by Crippen LogP contribution is -2.27. The van der Waals surface area contributed by atoms with Crippen LogP contribution >= 0.6 is 0 Å². The fourth-order valence-electron chi connectivity index (χ4n) is 1.94. The van der Waals surface area contributed by atoms with Crippen LogP contribution in [0.25, 0.3) is 11.1 Å². The summed E-state index contributed by atoms with van der Waals surface area (Å²) in [5, 5.41) is 14.0. The number of aromatic nitrogens is 1. The molecule has 0 spiro atoms. The maximum absolute atomic E-state index is 11.9. The summed E-state index contributed by atoms with van der Waals surface area (Å²) in [5.74, 6) is -0.545. The Kier molecular flexibility index (Phi) is 4.23. The number of benzene rings is 1. The highest BCUT2D eigenvalue weighted by Gasteiger charge is 2.14. The molecule has 0 saturated carbocycles. The van der Waals surface area contributed by atoms with Crippen LogP contribution in [0.2, 0.25) is 0 Å². The van der Waals surface area contributed by atoms with E-state index in [-0.39, 0.29) is 12.2 Å². The van der Waals surface area contributed by atoms with E-state index in [4.69, 9.17) is 4.42 Å². The lowest BCUT2D eigenvalue weighted by atomic mass is 10.2. The SMILES string of the molecule is C=C(CNC(C)C)Cn1c(=O)oc2ccc([N+](=O)[O-])cc21. The van der Waals surface area contributed by atoms with Gasteiger partial charge in [0.1, 0.15) is 0 Å². The van der Waals surface area contributed by atoms with Gasteiger partial charge in [0.05, 0.1) is 17.0 Å². The molecule has 0 fully saturated rings. The summed E-state index contributed by atoms with van der Waals surface area (Å²) < 4.78 is 6.44. The molecule has 7 heteroatoms. The quantitative estimate of drug-likeness (QED) is 0.500. The molecular weight excluding hydrogens is 274 g/mol. The number of non-ortho nitro benzene ring substituents is 1. The van der Waals surface area contributed by atoms with Crippen LogP contribution in [-0.2, 0) is 6.54 Å².